The van der Waals surface area contributed by atoms with Gasteiger partial charge in [0.05, 0.1) is 0 Å². The number of hydrogen-bond donors (Lipinski definition) is 0. The summed E-state index contributed by atoms with van der Waals surface area (Å²) in [6.45, 7) is 3.67. The number of alkyl halides is 1. The molecule has 136 valence electrons. The van der Waals surface area contributed by atoms with Gasteiger partial charge in [0.2, 0.25) is 5.67 Å². The highest BCUT2D eigenvalue weighted by Gasteiger charge is 2.47. The van der Waals surface area contributed by atoms with Crippen LogP contribution in [0.1, 0.15) is 22.3 Å². The Hall–Kier alpha value is -2.27. The van der Waals surface area contributed by atoms with Crippen molar-refractivity contribution >= 4 is 9.84 Å². The normalized spacial score (nSPS) is 25.8. The Morgan fingerprint density at radius 1 is 0.885 bits per heavy atom. The molecule has 3 rings (SSSR count). The van der Waals surface area contributed by atoms with Crippen LogP contribution in [0.15, 0.2) is 72.6 Å². The van der Waals surface area contributed by atoms with E-state index < -0.39 is 26.1 Å². The predicted molar refractivity (Wildman–Crippen MR) is 100.0 cm³/mol. The van der Waals surface area contributed by atoms with Crippen LogP contribution in [0.3, 0.4) is 0 Å². The van der Waals surface area contributed by atoms with Crippen molar-refractivity contribution in [1.29, 1.82) is 0 Å². The van der Waals surface area contributed by atoms with Crippen LogP contribution in [0.2, 0.25) is 0 Å². The first-order chi connectivity index (χ1) is 12.1. The third-order valence-electron chi connectivity index (χ3n) is 4.73. The molecule has 0 fully saturated rings. The van der Waals surface area contributed by atoms with Crippen molar-refractivity contribution in [2.45, 2.75) is 24.3 Å². The predicted octanol–water partition coefficient (Wildman–Crippen LogP) is 4.83. The van der Waals surface area contributed by atoms with E-state index in [2.05, 4.69) is 0 Å². The Labute approximate surface area is 152 Å². The average Bonchev–Trinajstić information content (AvgIpc) is 2.56. The molecule has 0 N–H and O–H groups in total. The lowest BCUT2D eigenvalue weighted by Gasteiger charge is -2.34. The van der Waals surface area contributed by atoms with Crippen LogP contribution in [-0.2, 0) is 20.3 Å². The van der Waals surface area contributed by atoms with Gasteiger partial charge in [-0.3, -0.25) is 0 Å². The van der Waals surface area contributed by atoms with Gasteiger partial charge in [-0.25, -0.2) is 17.2 Å². The van der Waals surface area contributed by atoms with Crippen LogP contribution < -0.4 is 0 Å². The van der Waals surface area contributed by atoms with Crippen molar-refractivity contribution in [2.24, 2.45) is 0 Å². The Balaban J connectivity index is 2.24. The molecule has 0 heterocycles. The zero-order valence-electron chi connectivity index (χ0n) is 14.8. The monoisotopic (exact) mass is 374 g/mol. The van der Waals surface area contributed by atoms with Gasteiger partial charge in [0.15, 0.2) is 9.84 Å². The van der Waals surface area contributed by atoms with Gasteiger partial charge in [0, 0.05) is 6.26 Å². The van der Waals surface area contributed by atoms with Gasteiger partial charge in [0.25, 0.3) is 0 Å². The van der Waals surface area contributed by atoms with E-state index in [0.29, 0.717) is 5.56 Å². The minimum absolute atomic E-state index is 0.118. The molecule has 0 bridgehead atoms. The molecule has 0 saturated heterocycles. The van der Waals surface area contributed by atoms with Crippen LogP contribution in [-0.4, -0.2) is 14.7 Å². The fourth-order valence-corrected chi connectivity index (χ4v) is 4.58. The third-order valence-corrected chi connectivity index (χ3v) is 6.45. The van der Waals surface area contributed by atoms with E-state index in [0.717, 1.165) is 29.5 Å². The van der Waals surface area contributed by atoms with Gasteiger partial charge in [-0.15, -0.1) is 0 Å². The molecule has 0 radical (unpaired) electrons. The minimum atomic E-state index is -3.81. The molecule has 0 aliphatic heterocycles. The van der Waals surface area contributed by atoms with E-state index in [-0.39, 0.29) is 5.56 Å². The second kappa shape index (κ2) is 6.16. The van der Waals surface area contributed by atoms with Crippen molar-refractivity contribution in [3.63, 3.8) is 0 Å². The molecule has 0 amide bonds. The number of allylic oxidation sites excluding steroid dienone is 2. The second-order valence-electron chi connectivity index (χ2n) is 6.85. The summed E-state index contributed by atoms with van der Waals surface area (Å²) in [6, 6.07) is 13.2. The molecule has 2 aromatic carbocycles. The minimum Gasteiger partial charge on any atom is -0.228 e. The molecule has 0 aromatic heterocycles. The highest BCUT2D eigenvalue weighted by molar-refractivity contribution is 7.92. The number of aryl methyl sites for hydroxylation is 2. The molecule has 2 nitrogen and oxygen atoms in total. The maximum atomic E-state index is 15.4. The lowest BCUT2D eigenvalue weighted by Crippen LogP contribution is -2.36. The standard InChI is InChI=1S/C21H20F2O2S/c1-15-11-16(2)13-18(12-15)20(26(3,24)25)9-10-21(23,19(22)14-20)17-7-5-4-6-8-17/h4-14H,1-3H3. The summed E-state index contributed by atoms with van der Waals surface area (Å²) in [7, 11) is -3.81. The maximum Gasteiger partial charge on any atom is 0.205 e. The van der Waals surface area contributed by atoms with Crippen LogP contribution >= 0.6 is 0 Å². The zero-order chi connectivity index (χ0) is 19.2. The highest BCUT2D eigenvalue weighted by Crippen LogP contribution is 2.47. The van der Waals surface area contributed by atoms with Crippen molar-refractivity contribution in [3.05, 3.63) is 94.8 Å². The number of hydrogen-bond acceptors (Lipinski definition) is 2. The van der Waals surface area contributed by atoms with Crippen molar-refractivity contribution < 1.29 is 17.2 Å². The summed E-state index contributed by atoms with van der Waals surface area (Å²) in [4.78, 5) is 0. The average molecular weight is 374 g/mol. The number of sulfone groups is 1. The van der Waals surface area contributed by atoms with E-state index in [4.69, 9.17) is 0 Å². The molecule has 2 atom stereocenters. The quantitative estimate of drug-likeness (QED) is 0.721. The Morgan fingerprint density at radius 3 is 1.96 bits per heavy atom. The molecule has 5 heteroatoms. The van der Waals surface area contributed by atoms with E-state index >= 15 is 8.78 Å². The molecular formula is C21H20F2O2S. The summed E-state index contributed by atoms with van der Waals surface area (Å²) < 4.78 is 53.9. The Morgan fingerprint density at radius 2 is 1.46 bits per heavy atom. The van der Waals surface area contributed by atoms with Crippen LogP contribution in [0.25, 0.3) is 0 Å². The number of benzene rings is 2. The van der Waals surface area contributed by atoms with Gasteiger partial charge in [-0.05, 0) is 37.1 Å². The second-order valence-corrected chi connectivity index (χ2v) is 9.06. The molecular weight excluding hydrogens is 354 g/mol. The van der Waals surface area contributed by atoms with Crippen molar-refractivity contribution in [2.75, 3.05) is 6.26 Å². The van der Waals surface area contributed by atoms with E-state index in [1.807, 2.05) is 19.9 Å². The lowest BCUT2D eigenvalue weighted by molar-refractivity contribution is 0.232. The van der Waals surface area contributed by atoms with Gasteiger partial charge in [-0.1, -0.05) is 65.7 Å². The molecule has 1 aliphatic rings. The zero-order valence-corrected chi connectivity index (χ0v) is 15.6. The SMILES string of the molecule is Cc1cc(C)cc(C2(S(C)(=O)=O)C=CC(F)(c3ccccc3)C(F)=C2)c1. The summed E-state index contributed by atoms with van der Waals surface area (Å²) >= 11 is 0. The molecule has 1 aliphatic carbocycles. The lowest BCUT2D eigenvalue weighted by atomic mass is 9.83. The third kappa shape index (κ3) is 2.90. The van der Waals surface area contributed by atoms with E-state index in [1.165, 1.54) is 18.2 Å². The van der Waals surface area contributed by atoms with Crippen LogP contribution in [0.5, 0.6) is 0 Å². The molecule has 26 heavy (non-hydrogen) atoms. The molecule has 2 aromatic rings. The van der Waals surface area contributed by atoms with Crippen LogP contribution in [0.4, 0.5) is 8.78 Å². The van der Waals surface area contributed by atoms with Crippen LogP contribution in [0, 0.1) is 13.8 Å². The topological polar surface area (TPSA) is 34.1 Å². The molecule has 2 unspecified atom stereocenters. The van der Waals surface area contributed by atoms with Gasteiger partial charge in [0.1, 0.15) is 10.6 Å². The number of rotatable bonds is 3. The van der Waals surface area contributed by atoms with E-state index in [9.17, 15) is 8.42 Å². The molecule has 0 spiro atoms. The van der Waals surface area contributed by atoms with E-state index in [1.54, 1.807) is 30.3 Å². The first-order valence-electron chi connectivity index (χ1n) is 8.20. The largest absolute Gasteiger partial charge is 0.228 e. The van der Waals surface area contributed by atoms with Crippen molar-refractivity contribution in [1.82, 2.24) is 0 Å². The first-order valence-corrected chi connectivity index (χ1v) is 10.1. The molecule has 0 saturated carbocycles. The summed E-state index contributed by atoms with van der Waals surface area (Å²) in [5.41, 5.74) is -0.254. The highest BCUT2D eigenvalue weighted by atomic mass is 32.2. The Kier molecular flexibility index (Phi) is 4.39. The first kappa shape index (κ1) is 18.5. The maximum absolute atomic E-state index is 15.4. The summed E-state index contributed by atoms with van der Waals surface area (Å²) in [5.74, 6) is -1.13. The fourth-order valence-electron chi connectivity index (χ4n) is 3.40. The van der Waals surface area contributed by atoms with Gasteiger partial charge < -0.3 is 0 Å². The van der Waals surface area contributed by atoms with Gasteiger partial charge in [-0.2, -0.15) is 0 Å². The smallest absolute Gasteiger partial charge is 0.205 e. The fraction of sp³-hybridized carbons (Fsp3) is 0.238. The van der Waals surface area contributed by atoms with Crippen molar-refractivity contribution in [3.8, 4) is 0 Å². The van der Waals surface area contributed by atoms with Gasteiger partial charge >= 0.3 is 0 Å². The number of halogens is 2. The summed E-state index contributed by atoms with van der Waals surface area (Å²) in [6.07, 6.45) is 4.19. The Bertz CT molecular complexity index is 989. The summed E-state index contributed by atoms with van der Waals surface area (Å²) in [5, 5.41) is 0.